The Morgan fingerprint density at radius 2 is 2.14 bits per heavy atom. The number of nitrogens with one attached hydrogen (secondary N) is 1. The molecule has 0 unspecified atom stereocenters. The summed E-state index contributed by atoms with van der Waals surface area (Å²) in [7, 11) is 2.11. The third-order valence-corrected chi connectivity index (χ3v) is 3.52. The number of aliphatic imine (C=N–C) groups is 1. The van der Waals surface area contributed by atoms with Crippen LogP contribution in [0.3, 0.4) is 0 Å². The summed E-state index contributed by atoms with van der Waals surface area (Å²) in [4.78, 5) is 6.67. The highest BCUT2D eigenvalue weighted by Crippen LogP contribution is 2.27. The van der Waals surface area contributed by atoms with Gasteiger partial charge in [0.25, 0.3) is 0 Å². The number of likely N-dealkylation sites (N-methyl/N-ethyl adjacent to an activating group) is 1. The van der Waals surface area contributed by atoms with E-state index in [4.69, 9.17) is 0 Å². The fraction of sp³-hybridized carbons (Fsp3) is 0.909. The molecular weight excluding hydrogens is 174 g/mol. The van der Waals surface area contributed by atoms with E-state index in [-0.39, 0.29) is 0 Å². The van der Waals surface area contributed by atoms with Crippen molar-refractivity contribution in [2.75, 3.05) is 20.1 Å². The van der Waals surface area contributed by atoms with Gasteiger partial charge in [-0.2, -0.15) is 0 Å². The average Bonchev–Trinajstić information content (AvgIpc) is 2.77. The fourth-order valence-corrected chi connectivity index (χ4v) is 2.47. The number of hydrogen-bond acceptors (Lipinski definition) is 3. The van der Waals surface area contributed by atoms with Crippen molar-refractivity contribution in [1.29, 1.82) is 0 Å². The van der Waals surface area contributed by atoms with Crippen LogP contribution in [0.4, 0.5) is 0 Å². The van der Waals surface area contributed by atoms with Crippen molar-refractivity contribution in [3.63, 3.8) is 0 Å². The largest absolute Gasteiger partial charge is 0.354 e. The Balaban J connectivity index is 1.84. The number of nitrogens with zero attached hydrogens (tertiary/aromatic N) is 2. The summed E-state index contributed by atoms with van der Waals surface area (Å²) in [5.74, 6) is 1.97. The van der Waals surface area contributed by atoms with Crippen LogP contribution in [0.15, 0.2) is 4.99 Å². The van der Waals surface area contributed by atoms with E-state index in [1.165, 1.54) is 25.7 Å². The van der Waals surface area contributed by atoms with Crippen molar-refractivity contribution < 1.29 is 0 Å². The summed E-state index contributed by atoms with van der Waals surface area (Å²) < 4.78 is 0. The first-order chi connectivity index (χ1) is 6.77. The smallest absolute Gasteiger partial charge is 0.194 e. The highest BCUT2D eigenvalue weighted by Gasteiger charge is 2.23. The van der Waals surface area contributed by atoms with Crippen LogP contribution in [-0.2, 0) is 0 Å². The number of hydrogen-bond donors (Lipinski definition) is 1. The zero-order chi connectivity index (χ0) is 9.97. The topological polar surface area (TPSA) is 27.6 Å². The molecule has 1 atom stereocenters. The zero-order valence-corrected chi connectivity index (χ0v) is 9.29. The standard InChI is InChI=1S/C11H21N3/c1-9(10-5-3-4-6-10)13-11-12-7-8-14(11)2/h9-10H,3-8H2,1-2H3,(H,12,13)/t9-/m0/s1. The van der Waals surface area contributed by atoms with Gasteiger partial charge in [-0.25, -0.2) is 0 Å². The molecule has 14 heavy (non-hydrogen) atoms. The highest BCUT2D eigenvalue weighted by atomic mass is 15.3. The van der Waals surface area contributed by atoms with Gasteiger partial charge >= 0.3 is 0 Å². The summed E-state index contributed by atoms with van der Waals surface area (Å²) in [6, 6.07) is 0.594. The van der Waals surface area contributed by atoms with E-state index in [1.807, 2.05) is 0 Å². The highest BCUT2D eigenvalue weighted by molar-refractivity contribution is 5.81. The summed E-state index contributed by atoms with van der Waals surface area (Å²) in [5.41, 5.74) is 0. The van der Waals surface area contributed by atoms with E-state index in [0.29, 0.717) is 6.04 Å². The van der Waals surface area contributed by atoms with Crippen molar-refractivity contribution in [3.8, 4) is 0 Å². The third-order valence-electron chi connectivity index (χ3n) is 3.52. The molecule has 1 N–H and O–H groups in total. The summed E-state index contributed by atoms with van der Waals surface area (Å²) in [5, 5.41) is 3.55. The third kappa shape index (κ3) is 2.02. The van der Waals surface area contributed by atoms with E-state index < -0.39 is 0 Å². The molecule has 3 nitrogen and oxygen atoms in total. The van der Waals surface area contributed by atoms with Crippen LogP contribution in [0.25, 0.3) is 0 Å². The molecule has 3 heteroatoms. The maximum Gasteiger partial charge on any atom is 0.194 e. The van der Waals surface area contributed by atoms with Gasteiger partial charge in [-0.15, -0.1) is 0 Å². The molecule has 1 saturated carbocycles. The van der Waals surface area contributed by atoms with Crippen molar-refractivity contribution in [1.82, 2.24) is 10.2 Å². The lowest BCUT2D eigenvalue weighted by Gasteiger charge is -2.24. The summed E-state index contributed by atoms with van der Waals surface area (Å²) in [6.07, 6.45) is 5.62. The minimum absolute atomic E-state index is 0.594. The minimum atomic E-state index is 0.594. The van der Waals surface area contributed by atoms with Crippen LogP contribution in [0.5, 0.6) is 0 Å². The number of guanidine groups is 1. The predicted molar refractivity (Wildman–Crippen MR) is 59.5 cm³/mol. The van der Waals surface area contributed by atoms with E-state index in [0.717, 1.165) is 25.0 Å². The van der Waals surface area contributed by atoms with Crippen molar-refractivity contribution >= 4 is 5.96 Å². The van der Waals surface area contributed by atoms with Gasteiger partial charge in [-0.3, -0.25) is 4.99 Å². The molecule has 1 aliphatic carbocycles. The lowest BCUT2D eigenvalue weighted by molar-refractivity contribution is 0.408. The van der Waals surface area contributed by atoms with Gasteiger partial charge in [-0.1, -0.05) is 12.8 Å². The summed E-state index contributed by atoms with van der Waals surface area (Å²) >= 11 is 0. The molecular formula is C11H21N3. The normalized spacial score (nSPS) is 25.3. The lowest BCUT2D eigenvalue weighted by atomic mass is 10.0. The van der Waals surface area contributed by atoms with Gasteiger partial charge in [0.15, 0.2) is 5.96 Å². The van der Waals surface area contributed by atoms with E-state index in [2.05, 4.69) is 29.2 Å². The first-order valence-electron chi connectivity index (χ1n) is 5.79. The van der Waals surface area contributed by atoms with Crippen LogP contribution >= 0.6 is 0 Å². The van der Waals surface area contributed by atoms with Gasteiger partial charge < -0.3 is 10.2 Å². The number of rotatable bonds is 2. The van der Waals surface area contributed by atoms with Gasteiger partial charge in [0.2, 0.25) is 0 Å². The fourth-order valence-electron chi connectivity index (χ4n) is 2.47. The van der Waals surface area contributed by atoms with Crippen molar-refractivity contribution in [2.45, 2.75) is 38.6 Å². The molecule has 0 aromatic carbocycles. The summed E-state index contributed by atoms with van der Waals surface area (Å²) in [6.45, 7) is 4.32. The maximum atomic E-state index is 4.46. The van der Waals surface area contributed by atoms with Crippen LogP contribution in [-0.4, -0.2) is 37.0 Å². The Hall–Kier alpha value is -0.730. The Labute approximate surface area is 86.6 Å². The molecule has 1 heterocycles. The first-order valence-corrected chi connectivity index (χ1v) is 5.79. The van der Waals surface area contributed by atoms with Crippen LogP contribution in [0, 0.1) is 5.92 Å². The predicted octanol–water partition coefficient (Wildman–Crippen LogP) is 1.46. The zero-order valence-electron chi connectivity index (χ0n) is 9.29. The van der Waals surface area contributed by atoms with Crippen molar-refractivity contribution in [3.05, 3.63) is 0 Å². The molecule has 0 aromatic heterocycles. The molecule has 0 spiro atoms. The second kappa shape index (κ2) is 4.20. The van der Waals surface area contributed by atoms with Gasteiger partial charge in [0.05, 0.1) is 6.54 Å². The Kier molecular flexibility index (Phi) is 2.94. The SMILES string of the molecule is C[C@H](NC1=NCCN1C)C1CCCC1. The van der Waals surface area contributed by atoms with Crippen LogP contribution in [0.1, 0.15) is 32.6 Å². The lowest BCUT2D eigenvalue weighted by Crippen LogP contribution is -2.43. The van der Waals surface area contributed by atoms with E-state index >= 15 is 0 Å². The average molecular weight is 195 g/mol. The maximum absolute atomic E-state index is 4.46. The van der Waals surface area contributed by atoms with Crippen LogP contribution < -0.4 is 5.32 Å². The van der Waals surface area contributed by atoms with Gasteiger partial charge in [0.1, 0.15) is 0 Å². The monoisotopic (exact) mass is 195 g/mol. The second-order valence-corrected chi connectivity index (χ2v) is 4.60. The minimum Gasteiger partial charge on any atom is -0.354 e. The molecule has 0 aromatic rings. The Bertz CT molecular complexity index is 219. The molecule has 80 valence electrons. The quantitative estimate of drug-likeness (QED) is 0.722. The second-order valence-electron chi connectivity index (χ2n) is 4.60. The molecule has 0 bridgehead atoms. The molecule has 1 fully saturated rings. The Morgan fingerprint density at radius 1 is 1.43 bits per heavy atom. The van der Waals surface area contributed by atoms with Crippen LogP contribution in [0.2, 0.25) is 0 Å². The molecule has 0 amide bonds. The molecule has 2 rings (SSSR count). The molecule has 1 aliphatic heterocycles. The van der Waals surface area contributed by atoms with Gasteiger partial charge in [0, 0.05) is 19.6 Å². The Morgan fingerprint density at radius 3 is 2.71 bits per heavy atom. The molecule has 0 radical (unpaired) electrons. The van der Waals surface area contributed by atoms with E-state index in [9.17, 15) is 0 Å². The first kappa shape index (κ1) is 9.81. The molecule has 2 aliphatic rings. The van der Waals surface area contributed by atoms with Gasteiger partial charge in [-0.05, 0) is 25.7 Å². The van der Waals surface area contributed by atoms with E-state index in [1.54, 1.807) is 0 Å². The molecule has 0 saturated heterocycles. The van der Waals surface area contributed by atoms with Crippen molar-refractivity contribution in [2.24, 2.45) is 10.9 Å².